The number of pyridine rings is 1. The number of hydrogen-bond donors (Lipinski definition) is 0. The van der Waals surface area contributed by atoms with E-state index < -0.39 is 0 Å². The molecule has 0 unspecified atom stereocenters. The summed E-state index contributed by atoms with van der Waals surface area (Å²) in [5, 5.41) is 0. The van der Waals surface area contributed by atoms with Gasteiger partial charge in [0.1, 0.15) is 0 Å². The van der Waals surface area contributed by atoms with Crippen molar-refractivity contribution in [1.29, 1.82) is 0 Å². The van der Waals surface area contributed by atoms with Crippen LogP contribution in [0, 0.1) is 0 Å². The molecule has 3 atom stereocenters. The van der Waals surface area contributed by atoms with Crippen LogP contribution in [0.1, 0.15) is 18.5 Å². The molecule has 1 aliphatic carbocycles. The second kappa shape index (κ2) is 7.31. The molecule has 5 heteroatoms. The number of ether oxygens (including phenoxy) is 3. The lowest BCUT2D eigenvalue weighted by Gasteiger charge is -2.38. The molecule has 1 saturated carbocycles. The Hall–Kier alpha value is -1.01. The molecule has 116 valence electrons. The van der Waals surface area contributed by atoms with E-state index in [0.29, 0.717) is 12.6 Å². The van der Waals surface area contributed by atoms with Crippen LogP contribution in [0.2, 0.25) is 0 Å². The van der Waals surface area contributed by atoms with Crippen LogP contribution < -0.4 is 0 Å². The fourth-order valence-electron chi connectivity index (χ4n) is 3.33. The van der Waals surface area contributed by atoms with Crippen LogP contribution in [0.5, 0.6) is 0 Å². The van der Waals surface area contributed by atoms with Crippen LogP contribution >= 0.6 is 0 Å². The molecule has 21 heavy (non-hydrogen) atoms. The van der Waals surface area contributed by atoms with E-state index in [1.165, 1.54) is 0 Å². The average Bonchev–Trinajstić information content (AvgIpc) is 2.96. The van der Waals surface area contributed by atoms with Crippen molar-refractivity contribution in [3.8, 4) is 0 Å². The summed E-state index contributed by atoms with van der Waals surface area (Å²) in [5.41, 5.74) is 0.980. The number of methoxy groups -OCH3 is 1. The molecule has 0 N–H and O–H groups in total. The number of nitrogens with zero attached hydrogens (tertiary/aromatic N) is 2. The van der Waals surface area contributed by atoms with Gasteiger partial charge < -0.3 is 14.2 Å². The Morgan fingerprint density at radius 3 is 3.14 bits per heavy atom. The maximum absolute atomic E-state index is 6.07. The average molecular weight is 292 g/mol. The van der Waals surface area contributed by atoms with Gasteiger partial charge in [-0.3, -0.25) is 9.88 Å². The molecule has 5 nitrogen and oxygen atoms in total. The molecule has 1 saturated heterocycles. The van der Waals surface area contributed by atoms with Gasteiger partial charge in [0.15, 0.2) is 0 Å². The van der Waals surface area contributed by atoms with Crippen molar-refractivity contribution in [2.45, 2.75) is 37.7 Å². The zero-order valence-electron chi connectivity index (χ0n) is 12.6. The van der Waals surface area contributed by atoms with Gasteiger partial charge in [-0.2, -0.15) is 0 Å². The van der Waals surface area contributed by atoms with Gasteiger partial charge in [0.05, 0.1) is 37.7 Å². The first-order valence-corrected chi connectivity index (χ1v) is 7.74. The normalized spacial score (nSPS) is 29.5. The Morgan fingerprint density at radius 2 is 2.33 bits per heavy atom. The van der Waals surface area contributed by atoms with Crippen molar-refractivity contribution in [3.05, 3.63) is 30.1 Å². The van der Waals surface area contributed by atoms with Crippen molar-refractivity contribution < 1.29 is 14.2 Å². The Balaban J connectivity index is 1.54. The van der Waals surface area contributed by atoms with Crippen LogP contribution in [-0.4, -0.2) is 61.5 Å². The zero-order chi connectivity index (χ0) is 14.5. The van der Waals surface area contributed by atoms with Crippen molar-refractivity contribution in [3.63, 3.8) is 0 Å². The highest BCUT2D eigenvalue weighted by Gasteiger charge is 2.43. The van der Waals surface area contributed by atoms with Gasteiger partial charge in [0.2, 0.25) is 0 Å². The largest absolute Gasteiger partial charge is 0.383 e. The van der Waals surface area contributed by atoms with Gasteiger partial charge in [0.25, 0.3) is 0 Å². The minimum Gasteiger partial charge on any atom is -0.383 e. The first kappa shape index (κ1) is 14.9. The van der Waals surface area contributed by atoms with Crippen molar-refractivity contribution in [2.24, 2.45) is 0 Å². The smallest absolute Gasteiger partial charge is 0.0992 e. The minimum atomic E-state index is 0.183. The highest BCUT2D eigenvalue weighted by atomic mass is 16.5. The zero-order valence-corrected chi connectivity index (χ0v) is 12.6. The van der Waals surface area contributed by atoms with E-state index in [-0.39, 0.29) is 12.2 Å². The monoisotopic (exact) mass is 292 g/mol. The van der Waals surface area contributed by atoms with Crippen LogP contribution in [0.4, 0.5) is 0 Å². The quantitative estimate of drug-likeness (QED) is 0.794. The Labute approximate surface area is 126 Å². The second-order valence-electron chi connectivity index (χ2n) is 5.68. The fourth-order valence-corrected chi connectivity index (χ4v) is 3.33. The van der Waals surface area contributed by atoms with E-state index in [2.05, 4.69) is 9.88 Å². The predicted octanol–water partition coefficient (Wildman–Crippen LogP) is 1.48. The van der Waals surface area contributed by atoms with Crippen molar-refractivity contribution in [2.75, 3.05) is 33.4 Å². The number of fused-ring (bicyclic) bond motifs is 1. The molecule has 2 fully saturated rings. The highest BCUT2D eigenvalue weighted by molar-refractivity contribution is 5.02. The summed E-state index contributed by atoms with van der Waals surface area (Å²) >= 11 is 0. The molecule has 0 bridgehead atoms. The predicted molar refractivity (Wildman–Crippen MR) is 79.0 cm³/mol. The molecule has 0 amide bonds. The first-order chi connectivity index (χ1) is 10.4. The molecule has 3 rings (SSSR count). The molecule has 1 aromatic heterocycles. The molecule has 2 heterocycles. The third kappa shape index (κ3) is 3.61. The lowest BCUT2D eigenvalue weighted by molar-refractivity contribution is -0.119. The van der Waals surface area contributed by atoms with E-state index in [1.54, 1.807) is 13.3 Å². The topological polar surface area (TPSA) is 43.8 Å². The summed E-state index contributed by atoms with van der Waals surface area (Å²) in [7, 11) is 1.76. The number of rotatable bonds is 6. The third-order valence-electron chi connectivity index (χ3n) is 4.40. The van der Waals surface area contributed by atoms with Gasteiger partial charge >= 0.3 is 0 Å². The molecule has 0 spiro atoms. The van der Waals surface area contributed by atoms with Crippen LogP contribution in [0.15, 0.2) is 24.4 Å². The van der Waals surface area contributed by atoms with E-state index in [0.717, 1.165) is 44.8 Å². The van der Waals surface area contributed by atoms with Gasteiger partial charge in [0, 0.05) is 32.4 Å². The molecule has 0 radical (unpaired) electrons. The summed E-state index contributed by atoms with van der Waals surface area (Å²) in [4.78, 5) is 6.79. The lowest BCUT2D eigenvalue weighted by atomic mass is 10.1. The third-order valence-corrected chi connectivity index (χ3v) is 4.40. The molecule has 1 aliphatic heterocycles. The summed E-state index contributed by atoms with van der Waals surface area (Å²) in [6, 6.07) is 6.39. The maximum Gasteiger partial charge on any atom is 0.0992 e. The van der Waals surface area contributed by atoms with Gasteiger partial charge in [-0.25, -0.2) is 0 Å². The second-order valence-corrected chi connectivity index (χ2v) is 5.68. The summed E-state index contributed by atoms with van der Waals surface area (Å²) in [6.07, 6.45) is 4.38. The summed E-state index contributed by atoms with van der Waals surface area (Å²) in [5.74, 6) is 0. The number of hydrogen-bond acceptors (Lipinski definition) is 5. The maximum atomic E-state index is 6.07. The Morgan fingerprint density at radius 1 is 1.38 bits per heavy atom. The molecule has 0 aromatic carbocycles. The van der Waals surface area contributed by atoms with Crippen LogP contribution in [-0.2, 0) is 20.8 Å². The first-order valence-electron chi connectivity index (χ1n) is 7.74. The van der Waals surface area contributed by atoms with Gasteiger partial charge in [-0.05, 0) is 25.0 Å². The van der Waals surface area contributed by atoms with Crippen molar-refractivity contribution in [1.82, 2.24) is 9.88 Å². The van der Waals surface area contributed by atoms with Gasteiger partial charge in [-0.1, -0.05) is 6.07 Å². The van der Waals surface area contributed by atoms with E-state index in [1.807, 2.05) is 18.2 Å². The number of aromatic nitrogens is 1. The van der Waals surface area contributed by atoms with E-state index in [4.69, 9.17) is 14.2 Å². The Bertz CT molecular complexity index is 429. The molecular formula is C16H24N2O3. The standard InChI is InChI=1S/C16H24N2O3/c1-19-10-8-18-9-11-20-16-14(18)5-6-15(16)21-12-13-4-2-3-7-17-13/h2-4,7,14-16H,5-6,8-12H2,1H3/t14-,15+,16+/m0/s1. The SMILES string of the molecule is COCCN1CCO[C@H]2[C@H](OCc3ccccn3)CC[C@@H]21. The van der Waals surface area contributed by atoms with Crippen LogP contribution in [0.3, 0.4) is 0 Å². The summed E-state index contributed by atoms with van der Waals surface area (Å²) in [6.45, 7) is 4.11. The molecule has 1 aromatic rings. The summed E-state index contributed by atoms with van der Waals surface area (Å²) < 4.78 is 17.3. The molecular weight excluding hydrogens is 268 g/mol. The number of morpholine rings is 1. The van der Waals surface area contributed by atoms with Crippen LogP contribution in [0.25, 0.3) is 0 Å². The molecule has 2 aliphatic rings. The van der Waals surface area contributed by atoms with E-state index >= 15 is 0 Å². The minimum absolute atomic E-state index is 0.183. The highest BCUT2D eigenvalue weighted by Crippen LogP contribution is 2.32. The fraction of sp³-hybridized carbons (Fsp3) is 0.688. The van der Waals surface area contributed by atoms with E-state index in [9.17, 15) is 0 Å². The van der Waals surface area contributed by atoms with Crippen molar-refractivity contribution >= 4 is 0 Å². The lowest BCUT2D eigenvalue weighted by Crippen LogP contribution is -2.52. The Kier molecular flexibility index (Phi) is 5.19. The van der Waals surface area contributed by atoms with Gasteiger partial charge in [-0.15, -0.1) is 0 Å².